The minimum atomic E-state index is -0.612. The number of hydrogen-bond acceptors (Lipinski definition) is 4. The normalized spacial score (nSPS) is 36.4. The first-order chi connectivity index (χ1) is 15.5. The van der Waals surface area contributed by atoms with Gasteiger partial charge in [-0.1, -0.05) is 51.0 Å². The number of aliphatic hydroxyl groups excluding tert-OH is 2. The molecule has 0 aromatic carbocycles. The third kappa shape index (κ3) is 6.99. The lowest BCUT2D eigenvalue weighted by Gasteiger charge is -2.44. The molecule has 188 valence electrons. The van der Waals surface area contributed by atoms with Gasteiger partial charge in [-0.15, -0.1) is 0 Å². The molecular formula is C29H48O3S. The standard InChI is InChI=1S/C29H48O3S/c1-20-23(18-24(30)19-27(20)31)12-11-22-10-9-16-29(5)25(13-14-26(22)29)21(2)33-17-8-6-7-15-28(3,4)32/h11-12,21,24-27,30-32H,1,6-10,13-19H2,2-5H3/b22-11+,23-12-/t21-,24+,25+,26-,27-,29+/m0/s1. The lowest BCUT2D eigenvalue weighted by Crippen LogP contribution is -2.37. The SMILES string of the molecule is C=C1/C(=C\C=C2/CCC[C@]3(C)[C@@H]([C@H](C)SCCCCCC(C)(C)O)CC[C@@H]23)C[C@@H](O)C[C@@H]1O. The zero-order valence-electron chi connectivity index (χ0n) is 21.5. The van der Waals surface area contributed by atoms with Gasteiger partial charge in [0.15, 0.2) is 0 Å². The van der Waals surface area contributed by atoms with Crippen LogP contribution in [0.15, 0.2) is 35.5 Å². The van der Waals surface area contributed by atoms with Crippen LogP contribution in [0.2, 0.25) is 0 Å². The predicted molar refractivity (Wildman–Crippen MR) is 141 cm³/mol. The molecule has 3 aliphatic rings. The quantitative estimate of drug-likeness (QED) is 0.329. The van der Waals surface area contributed by atoms with E-state index in [0.29, 0.717) is 29.4 Å². The number of allylic oxidation sites excluding steroid dienone is 3. The molecule has 3 aliphatic carbocycles. The Morgan fingerprint density at radius 1 is 1.18 bits per heavy atom. The van der Waals surface area contributed by atoms with Crippen LogP contribution in [0.1, 0.15) is 98.3 Å². The van der Waals surface area contributed by atoms with Crippen LogP contribution in [0.4, 0.5) is 0 Å². The number of thioether (sulfide) groups is 1. The largest absolute Gasteiger partial charge is 0.393 e. The van der Waals surface area contributed by atoms with Crippen molar-refractivity contribution in [1.29, 1.82) is 0 Å². The second kappa shape index (κ2) is 11.5. The predicted octanol–water partition coefficient (Wildman–Crippen LogP) is 6.58. The van der Waals surface area contributed by atoms with Crippen LogP contribution in [-0.4, -0.2) is 44.1 Å². The topological polar surface area (TPSA) is 60.7 Å². The van der Waals surface area contributed by atoms with Gasteiger partial charge in [-0.25, -0.2) is 0 Å². The third-order valence-corrected chi connectivity index (χ3v) is 10.1. The van der Waals surface area contributed by atoms with Crippen LogP contribution >= 0.6 is 11.8 Å². The van der Waals surface area contributed by atoms with E-state index in [2.05, 4.69) is 44.3 Å². The minimum Gasteiger partial charge on any atom is -0.393 e. The second-order valence-electron chi connectivity index (χ2n) is 11.9. The van der Waals surface area contributed by atoms with E-state index in [1.807, 2.05) is 13.8 Å². The first-order valence-electron chi connectivity index (χ1n) is 13.3. The molecule has 3 nitrogen and oxygen atoms in total. The maximum atomic E-state index is 10.2. The fourth-order valence-electron chi connectivity index (χ4n) is 6.74. The molecule has 0 heterocycles. The Balaban J connectivity index is 1.57. The Labute approximate surface area is 206 Å². The van der Waals surface area contributed by atoms with Gasteiger partial charge >= 0.3 is 0 Å². The van der Waals surface area contributed by atoms with E-state index in [9.17, 15) is 15.3 Å². The van der Waals surface area contributed by atoms with Crippen LogP contribution < -0.4 is 0 Å². The number of fused-ring (bicyclic) bond motifs is 1. The van der Waals surface area contributed by atoms with E-state index in [4.69, 9.17) is 0 Å². The molecule has 0 amide bonds. The van der Waals surface area contributed by atoms with Crippen LogP contribution in [0.5, 0.6) is 0 Å². The van der Waals surface area contributed by atoms with E-state index in [1.165, 1.54) is 50.7 Å². The molecule has 3 N–H and O–H groups in total. The summed E-state index contributed by atoms with van der Waals surface area (Å²) >= 11 is 2.16. The highest BCUT2D eigenvalue weighted by Crippen LogP contribution is 2.59. The van der Waals surface area contributed by atoms with Gasteiger partial charge in [0.2, 0.25) is 0 Å². The van der Waals surface area contributed by atoms with Crippen molar-refractivity contribution in [2.45, 2.75) is 121 Å². The van der Waals surface area contributed by atoms with E-state index >= 15 is 0 Å². The van der Waals surface area contributed by atoms with E-state index in [-0.39, 0.29) is 0 Å². The van der Waals surface area contributed by atoms with Gasteiger partial charge in [-0.05, 0) is 99.4 Å². The Morgan fingerprint density at radius 2 is 1.94 bits per heavy atom. The summed E-state index contributed by atoms with van der Waals surface area (Å²) in [5.41, 5.74) is 3.24. The fourth-order valence-corrected chi connectivity index (χ4v) is 8.16. The molecule has 0 bridgehead atoms. The molecule has 0 saturated heterocycles. The van der Waals surface area contributed by atoms with Gasteiger partial charge in [0.1, 0.15) is 0 Å². The van der Waals surface area contributed by atoms with Crippen molar-refractivity contribution < 1.29 is 15.3 Å². The van der Waals surface area contributed by atoms with E-state index < -0.39 is 17.8 Å². The van der Waals surface area contributed by atoms with Crippen LogP contribution in [0, 0.1) is 17.3 Å². The van der Waals surface area contributed by atoms with Crippen molar-refractivity contribution in [3.8, 4) is 0 Å². The molecule has 0 aromatic heterocycles. The van der Waals surface area contributed by atoms with Gasteiger partial charge in [0, 0.05) is 11.7 Å². The molecule has 0 radical (unpaired) electrons. The molecule has 6 atom stereocenters. The van der Waals surface area contributed by atoms with Gasteiger partial charge in [0.05, 0.1) is 17.8 Å². The van der Waals surface area contributed by atoms with Crippen molar-refractivity contribution in [1.82, 2.24) is 0 Å². The molecular weight excluding hydrogens is 428 g/mol. The summed E-state index contributed by atoms with van der Waals surface area (Å²) in [6.07, 6.45) is 15.3. The highest BCUT2D eigenvalue weighted by atomic mass is 32.2. The van der Waals surface area contributed by atoms with E-state index in [0.717, 1.165) is 29.9 Å². The summed E-state index contributed by atoms with van der Waals surface area (Å²) in [4.78, 5) is 0. The Kier molecular flexibility index (Phi) is 9.39. The van der Waals surface area contributed by atoms with Crippen molar-refractivity contribution >= 4 is 11.8 Å². The summed E-state index contributed by atoms with van der Waals surface area (Å²) < 4.78 is 0. The highest BCUT2D eigenvalue weighted by Gasteiger charge is 2.50. The average Bonchev–Trinajstić information content (AvgIpc) is 3.08. The Bertz CT molecular complexity index is 734. The van der Waals surface area contributed by atoms with Crippen molar-refractivity contribution in [2.24, 2.45) is 17.3 Å². The highest BCUT2D eigenvalue weighted by molar-refractivity contribution is 7.99. The Morgan fingerprint density at radius 3 is 2.67 bits per heavy atom. The first-order valence-corrected chi connectivity index (χ1v) is 14.3. The van der Waals surface area contributed by atoms with Gasteiger partial charge in [0.25, 0.3) is 0 Å². The number of rotatable bonds is 9. The van der Waals surface area contributed by atoms with Gasteiger partial charge < -0.3 is 15.3 Å². The lowest BCUT2D eigenvalue weighted by molar-refractivity contribution is 0.0682. The molecule has 3 rings (SSSR count). The number of aliphatic hydroxyl groups is 3. The van der Waals surface area contributed by atoms with Crippen LogP contribution in [-0.2, 0) is 0 Å². The van der Waals surface area contributed by atoms with E-state index in [1.54, 1.807) is 5.57 Å². The van der Waals surface area contributed by atoms with Crippen molar-refractivity contribution in [3.05, 3.63) is 35.5 Å². The maximum absolute atomic E-state index is 10.2. The molecule has 3 fully saturated rings. The maximum Gasteiger partial charge on any atom is 0.0811 e. The van der Waals surface area contributed by atoms with Gasteiger partial charge in [-0.2, -0.15) is 11.8 Å². The second-order valence-corrected chi connectivity index (χ2v) is 13.3. The minimum absolute atomic E-state index is 0.387. The smallest absolute Gasteiger partial charge is 0.0811 e. The monoisotopic (exact) mass is 476 g/mol. The number of unbranched alkanes of at least 4 members (excludes halogenated alkanes) is 2. The summed E-state index contributed by atoms with van der Waals surface area (Å²) in [5.74, 6) is 2.66. The lowest BCUT2D eigenvalue weighted by atomic mass is 9.63. The van der Waals surface area contributed by atoms with Crippen LogP contribution in [0.25, 0.3) is 0 Å². The molecule has 0 spiro atoms. The molecule has 0 aromatic rings. The fraction of sp³-hybridized carbons (Fsp3) is 0.793. The molecule has 4 heteroatoms. The zero-order valence-corrected chi connectivity index (χ0v) is 22.3. The number of hydrogen-bond donors (Lipinski definition) is 3. The summed E-state index contributed by atoms with van der Waals surface area (Å²) in [6.45, 7) is 12.9. The molecule has 0 unspecified atom stereocenters. The summed E-state index contributed by atoms with van der Waals surface area (Å²) in [5, 5.41) is 30.8. The first kappa shape index (κ1) is 27.0. The molecule has 0 aliphatic heterocycles. The van der Waals surface area contributed by atoms with Crippen molar-refractivity contribution in [2.75, 3.05) is 5.75 Å². The Hall–Kier alpha value is -0.550. The van der Waals surface area contributed by atoms with Crippen molar-refractivity contribution in [3.63, 3.8) is 0 Å². The summed E-state index contributed by atoms with van der Waals surface area (Å²) in [6, 6.07) is 0. The molecule has 33 heavy (non-hydrogen) atoms. The summed E-state index contributed by atoms with van der Waals surface area (Å²) in [7, 11) is 0. The zero-order chi connectivity index (χ0) is 24.2. The average molecular weight is 477 g/mol. The van der Waals surface area contributed by atoms with Gasteiger partial charge in [-0.3, -0.25) is 0 Å². The third-order valence-electron chi connectivity index (χ3n) is 8.68. The molecule has 3 saturated carbocycles. The van der Waals surface area contributed by atoms with Crippen LogP contribution in [0.3, 0.4) is 0 Å².